The maximum atomic E-state index is 5.81. The van der Waals surface area contributed by atoms with Crippen LogP contribution >= 0.6 is 0 Å². The fraction of sp³-hybridized carbons (Fsp3) is 1.00. The van der Waals surface area contributed by atoms with Crippen LogP contribution in [0.2, 0.25) is 0 Å². The van der Waals surface area contributed by atoms with Crippen LogP contribution in [0.4, 0.5) is 0 Å². The van der Waals surface area contributed by atoms with Crippen molar-refractivity contribution < 1.29 is 14.2 Å². The predicted molar refractivity (Wildman–Crippen MR) is 73.0 cm³/mol. The first-order valence-electron chi connectivity index (χ1n) is 7.37. The van der Waals surface area contributed by atoms with Crippen LogP contribution < -0.4 is 5.32 Å². The predicted octanol–water partition coefficient (Wildman–Crippen LogP) is 1.98. The van der Waals surface area contributed by atoms with Gasteiger partial charge >= 0.3 is 0 Å². The Kier molecular flexibility index (Phi) is 8.59. The van der Waals surface area contributed by atoms with E-state index < -0.39 is 0 Å². The number of likely N-dealkylation sites (N-methyl/N-ethyl adjacent to an activating group) is 1. The fourth-order valence-corrected chi connectivity index (χ4v) is 2.23. The van der Waals surface area contributed by atoms with Gasteiger partial charge in [-0.2, -0.15) is 0 Å². The second-order valence-electron chi connectivity index (χ2n) is 4.69. The molecule has 4 nitrogen and oxygen atoms in total. The van der Waals surface area contributed by atoms with Crippen molar-refractivity contribution in [3.63, 3.8) is 0 Å². The Bertz CT molecular complexity index is 201. The highest BCUT2D eigenvalue weighted by molar-refractivity contribution is 4.97. The van der Waals surface area contributed by atoms with Gasteiger partial charge in [-0.15, -0.1) is 0 Å². The minimum Gasteiger partial charge on any atom is -0.379 e. The zero-order valence-corrected chi connectivity index (χ0v) is 12.1. The number of unbranched alkanes of at least 4 members (excludes halogenated alkanes) is 1. The molecular formula is C14H29NO3. The molecule has 0 aromatic rings. The molecule has 0 amide bonds. The lowest BCUT2D eigenvalue weighted by atomic mass is 9.85. The SMILES string of the molecule is CCCCOCCOC1CC(NCC)C1OCC. The third kappa shape index (κ3) is 5.22. The van der Waals surface area contributed by atoms with E-state index in [0.717, 1.165) is 32.6 Å². The number of hydrogen-bond acceptors (Lipinski definition) is 4. The summed E-state index contributed by atoms with van der Waals surface area (Å²) < 4.78 is 17.0. The van der Waals surface area contributed by atoms with Gasteiger partial charge in [-0.3, -0.25) is 0 Å². The van der Waals surface area contributed by atoms with Crippen LogP contribution in [0.5, 0.6) is 0 Å². The topological polar surface area (TPSA) is 39.7 Å². The Morgan fingerprint density at radius 2 is 1.89 bits per heavy atom. The zero-order chi connectivity index (χ0) is 13.2. The lowest BCUT2D eigenvalue weighted by Gasteiger charge is -2.44. The molecular weight excluding hydrogens is 230 g/mol. The molecule has 1 N–H and O–H groups in total. The van der Waals surface area contributed by atoms with E-state index in [1.807, 2.05) is 6.92 Å². The number of hydrogen-bond donors (Lipinski definition) is 1. The van der Waals surface area contributed by atoms with Crippen molar-refractivity contribution in [3.05, 3.63) is 0 Å². The van der Waals surface area contributed by atoms with E-state index >= 15 is 0 Å². The summed E-state index contributed by atoms with van der Waals surface area (Å²) in [5, 5.41) is 3.43. The van der Waals surface area contributed by atoms with Gasteiger partial charge in [-0.25, -0.2) is 0 Å². The van der Waals surface area contributed by atoms with E-state index in [0.29, 0.717) is 19.3 Å². The maximum Gasteiger partial charge on any atom is 0.0990 e. The molecule has 0 heterocycles. The minimum absolute atomic E-state index is 0.214. The summed E-state index contributed by atoms with van der Waals surface area (Å²) in [5.74, 6) is 0. The second-order valence-corrected chi connectivity index (χ2v) is 4.69. The highest BCUT2D eigenvalue weighted by Gasteiger charge is 2.41. The van der Waals surface area contributed by atoms with Crippen LogP contribution in [0.25, 0.3) is 0 Å². The average molecular weight is 259 g/mol. The van der Waals surface area contributed by atoms with Crippen molar-refractivity contribution in [1.29, 1.82) is 0 Å². The first-order valence-corrected chi connectivity index (χ1v) is 7.37. The van der Waals surface area contributed by atoms with Gasteiger partial charge in [0.05, 0.1) is 25.4 Å². The smallest absolute Gasteiger partial charge is 0.0990 e. The monoisotopic (exact) mass is 259 g/mol. The first-order chi connectivity index (χ1) is 8.83. The molecule has 3 atom stereocenters. The van der Waals surface area contributed by atoms with E-state index in [4.69, 9.17) is 14.2 Å². The maximum absolute atomic E-state index is 5.81. The molecule has 0 saturated heterocycles. The van der Waals surface area contributed by atoms with E-state index in [1.54, 1.807) is 0 Å². The van der Waals surface area contributed by atoms with Crippen molar-refractivity contribution in [2.75, 3.05) is 33.0 Å². The second kappa shape index (κ2) is 9.73. The molecule has 0 aromatic carbocycles. The molecule has 18 heavy (non-hydrogen) atoms. The van der Waals surface area contributed by atoms with Gasteiger partial charge in [0.2, 0.25) is 0 Å². The molecule has 1 rings (SSSR count). The van der Waals surface area contributed by atoms with Crippen LogP contribution in [0.15, 0.2) is 0 Å². The largest absolute Gasteiger partial charge is 0.379 e. The molecule has 0 radical (unpaired) electrons. The minimum atomic E-state index is 0.214. The van der Waals surface area contributed by atoms with Crippen LogP contribution in [0.1, 0.15) is 40.0 Å². The van der Waals surface area contributed by atoms with Crippen molar-refractivity contribution in [3.8, 4) is 0 Å². The molecule has 0 spiro atoms. The summed E-state index contributed by atoms with van der Waals surface area (Å²) in [5.41, 5.74) is 0. The molecule has 0 aromatic heterocycles. The molecule has 1 aliphatic carbocycles. The fourth-order valence-electron chi connectivity index (χ4n) is 2.23. The lowest BCUT2D eigenvalue weighted by molar-refractivity contribution is -0.150. The Hall–Kier alpha value is -0.160. The molecule has 0 bridgehead atoms. The molecule has 0 aliphatic heterocycles. The Balaban J connectivity index is 2.07. The van der Waals surface area contributed by atoms with Gasteiger partial charge in [0.15, 0.2) is 0 Å². The van der Waals surface area contributed by atoms with E-state index in [2.05, 4.69) is 19.2 Å². The summed E-state index contributed by atoms with van der Waals surface area (Å²) >= 11 is 0. The van der Waals surface area contributed by atoms with E-state index in [1.165, 1.54) is 6.42 Å². The normalized spacial score (nSPS) is 27.2. The van der Waals surface area contributed by atoms with Gasteiger partial charge < -0.3 is 19.5 Å². The summed E-state index contributed by atoms with van der Waals surface area (Å²) in [7, 11) is 0. The van der Waals surface area contributed by atoms with Crippen LogP contribution in [0.3, 0.4) is 0 Å². The van der Waals surface area contributed by atoms with Crippen molar-refractivity contribution >= 4 is 0 Å². The van der Waals surface area contributed by atoms with E-state index in [-0.39, 0.29) is 12.2 Å². The van der Waals surface area contributed by atoms with Crippen LogP contribution in [-0.2, 0) is 14.2 Å². The molecule has 1 aliphatic rings. The zero-order valence-electron chi connectivity index (χ0n) is 12.1. The molecule has 1 fully saturated rings. The first kappa shape index (κ1) is 15.9. The van der Waals surface area contributed by atoms with Gasteiger partial charge in [0.25, 0.3) is 0 Å². The number of nitrogens with one attached hydrogen (secondary N) is 1. The number of ether oxygens (including phenoxy) is 3. The van der Waals surface area contributed by atoms with Crippen molar-refractivity contribution in [2.45, 2.75) is 58.3 Å². The molecule has 3 unspecified atom stereocenters. The third-order valence-electron chi connectivity index (χ3n) is 3.28. The van der Waals surface area contributed by atoms with Crippen molar-refractivity contribution in [1.82, 2.24) is 5.32 Å². The number of rotatable bonds is 11. The summed E-state index contributed by atoms with van der Waals surface area (Å²) in [6.07, 6.45) is 3.82. The summed E-state index contributed by atoms with van der Waals surface area (Å²) in [6.45, 7) is 10.3. The molecule has 108 valence electrons. The van der Waals surface area contributed by atoms with Gasteiger partial charge in [-0.1, -0.05) is 20.3 Å². The Morgan fingerprint density at radius 1 is 1.06 bits per heavy atom. The van der Waals surface area contributed by atoms with E-state index in [9.17, 15) is 0 Å². The quantitative estimate of drug-likeness (QED) is 0.576. The Morgan fingerprint density at radius 3 is 2.56 bits per heavy atom. The molecule has 4 heteroatoms. The highest BCUT2D eigenvalue weighted by Crippen LogP contribution is 2.27. The average Bonchev–Trinajstić information content (AvgIpc) is 2.37. The molecule has 1 saturated carbocycles. The van der Waals surface area contributed by atoms with Crippen LogP contribution in [-0.4, -0.2) is 51.2 Å². The summed E-state index contributed by atoms with van der Waals surface area (Å²) in [6, 6.07) is 0.459. The lowest BCUT2D eigenvalue weighted by Crippen LogP contribution is -2.60. The van der Waals surface area contributed by atoms with Crippen molar-refractivity contribution in [2.24, 2.45) is 0 Å². The van der Waals surface area contributed by atoms with Crippen LogP contribution in [0, 0.1) is 0 Å². The Labute approximate surface area is 111 Å². The summed E-state index contributed by atoms with van der Waals surface area (Å²) in [4.78, 5) is 0. The standard InChI is InChI=1S/C14H29NO3/c1-4-7-8-16-9-10-18-13-11-12(15-5-2)14(13)17-6-3/h12-15H,4-11H2,1-3H3. The van der Waals surface area contributed by atoms with Gasteiger partial charge in [-0.05, 0) is 26.3 Å². The van der Waals surface area contributed by atoms with Gasteiger partial charge in [0, 0.05) is 19.3 Å². The third-order valence-corrected chi connectivity index (χ3v) is 3.28. The highest BCUT2D eigenvalue weighted by atomic mass is 16.6. The van der Waals surface area contributed by atoms with Gasteiger partial charge in [0.1, 0.15) is 0 Å².